The van der Waals surface area contributed by atoms with E-state index in [9.17, 15) is 9.59 Å². The van der Waals surface area contributed by atoms with Crippen LogP contribution in [0.4, 0.5) is 4.79 Å². The van der Waals surface area contributed by atoms with Gasteiger partial charge in [0.15, 0.2) is 0 Å². The lowest BCUT2D eigenvalue weighted by atomic mass is 9.39. The van der Waals surface area contributed by atoms with E-state index >= 15 is 0 Å². The molecule has 0 saturated heterocycles. The molecule has 3 rings (SSSR count). The Bertz CT molecular complexity index is 363. The van der Waals surface area contributed by atoms with Crippen molar-refractivity contribution in [2.75, 3.05) is 7.05 Å². The number of hydrogen-bond acceptors (Lipinski definition) is 3. The molecule has 2 bridgehead atoms. The molecule has 0 aromatic carbocycles. The summed E-state index contributed by atoms with van der Waals surface area (Å²) < 4.78 is 5.28. The molecule has 0 aromatic heterocycles. The number of carbonyl (C=O) groups is 2. The highest BCUT2D eigenvalue weighted by molar-refractivity contribution is 5.82. The molecule has 0 spiro atoms. The van der Waals surface area contributed by atoms with Crippen molar-refractivity contribution >= 4 is 12.1 Å². The van der Waals surface area contributed by atoms with Crippen LogP contribution in [0.1, 0.15) is 40.0 Å². The lowest BCUT2D eigenvalue weighted by Crippen LogP contribution is -2.77. The third kappa shape index (κ3) is 1.68. The van der Waals surface area contributed by atoms with Gasteiger partial charge < -0.3 is 14.7 Å². The van der Waals surface area contributed by atoms with Crippen molar-refractivity contribution in [2.45, 2.75) is 51.2 Å². The van der Waals surface area contributed by atoms with Crippen LogP contribution in [0.5, 0.6) is 0 Å². The SMILES string of the molecule is CN(C(=O)OC(C)(C)C)C12CC(C(=O)O)(C1)C2. The van der Waals surface area contributed by atoms with Crippen LogP contribution in [-0.4, -0.2) is 40.3 Å². The summed E-state index contributed by atoms with van der Waals surface area (Å²) in [6, 6.07) is 0. The van der Waals surface area contributed by atoms with Gasteiger partial charge in [-0.05, 0) is 40.0 Å². The molecule has 1 N–H and O–H groups in total. The quantitative estimate of drug-likeness (QED) is 0.801. The topological polar surface area (TPSA) is 66.8 Å². The normalized spacial score (nSPS) is 34.4. The summed E-state index contributed by atoms with van der Waals surface area (Å²) in [7, 11) is 1.69. The number of carbonyl (C=O) groups excluding carboxylic acids is 1. The molecule has 17 heavy (non-hydrogen) atoms. The number of nitrogens with zero attached hydrogens (tertiary/aromatic N) is 1. The minimum Gasteiger partial charge on any atom is -0.481 e. The van der Waals surface area contributed by atoms with Crippen molar-refractivity contribution in [1.82, 2.24) is 4.90 Å². The minimum atomic E-state index is -0.739. The molecule has 0 heterocycles. The highest BCUT2D eigenvalue weighted by Gasteiger charge is 2.74. The van der Waals surface area contributed by atoms with Gasteiger partial charge in [-0.3, -0.25) is 4.79 Å². The van der Waals surface area contributed by atoms with E-state index in [1.165, 1.54) is 0 Å². The second-order valence-corrected chi connectivity index (χ2v) is 6.38. The smallest absolute Gasteiger partial charge is 0.410 e. The average Bonchev–Trinajstić information content (AvgIpc) is 1.93. The summed E-state index contributed by atoms with van der Waals surface area (Å²) in [4.78, 5) is 24.4. The molecular weight excluding hydrogens is 222 g/mol. The molecule has 0 radical (unpaired) electrons. The number of hydrogen-bond donors (Lipinski definition) is 1. The third-order valence-electron chi connectivity index (χ3n) is 3.83. The van der Waals surface area contributed by atoms with E-state index in [4.69, 9.17) is 9.84 Å². The molecule has 0 aromatic rings. The van der Waals surface area contributed by atoms with Gasteiger partial charge in [-0.2, -0.15) is 0 Å². The number of aliphatic carboxylic acids is 1. The van der Waals surface area contributed by atoms with Gasteiger partial charge in [-0.25, -0.2) is 4.79 Å². The average molecular weight is 241 g/mol. The molecule has 3 aliphatic rings. The van der Waals surface area contributed by atoms with Gasteiger partial charge in [-0.1, -0.05) is 0 Å². The number of carboxylic acid groups (broad SMARTS) is 1. The van der Waals surface area contributed by atoms with E-state index in [2.05, 4.69) is 0 Å². The number of rotatable bonds is 2. The molecule has 0 unspecified atom stereocenters. The van der Waals surface area contributed by atoms with Crippen LogP contribution < -0.4 is 0 Å². The Labute approximate surface area is 101 Å². The molecule has 1 amide bonds. The van der Waals surface area contributed by atoms with Crippen LogP contribution in [0.2, 0.25) is 0 Å². The van der Waals surface area contributed by atoms with Crippen molar-refractivity contribution in [2.24, 2.45) is 5.41 Å². The summed E-state index contributed by atoms with van der Waals surface area (Å²) in [5.41, 5.74) is -1.34. The summed E-state index contributed by atoms with van der Waals surface area (Å²) in [5, 5.41) is 9.02. The second-order valence-electron chi connectivity index (χ2n) is 6.38. The molecule has 3 saturated carbocycles. The lowest BCUT2D eigenvalue weighted by Gasteiger charge is -2.70. The standard InChI is InChI=1S/C12H19NO4/c1-10(2,3)17-9(16)13(4)12-5-11(6-12,7-12)8(14)15/h5-7H2,1-4H3,(H,14,15). The van der Waals surface area contributed by atoms with Crippen LogP contribution in [-0.2, 0) is 9.53 Å². The van der Waals surface area contributed by atoms with Gasteiger partial charge in [0, 0.05) is 12.6 Å². The Morgan fingerprint density at radius 3 is 2.06 bits per heavy atom. The van der Waals surface area contributed by atoms with E-state index in [-0.39, 0.29) is 11.6 Å². The first-order valence-corrected chi connectivity index (χ1v) is 5.81. The van der Waals surface area contributed by atoms with E-state index in [1.54, 1.807) is 11.9 Å². The summed E-state index contributed by atoms with van der Waals surface area (Å²) >= 11 is 0. The molecular formula is C12H19NO4. The highest BCUT2D eigenvalue weighted by atomic mass is 16.6. The van der Waals surface area contributed by atoms with Crippen molar-refractivity contribution in [3.8, 4) is 0 Å². The molecule has 5 heteroatoms. The number of carboxylic acids is 1. The van der Waals surface area contributed by atoms with Crippen LogP contribution in [0, 0.1) is 5.41 Å². The van der Waals surface area contributed by atoms with E-state index < -0.39 is 17.0 Å². The minimum absolute atomic E-state index is 0.263. The van der Waals surface area contributed by atoms with Gasteiger partial charge in [0.2, 0.25) is 0 Å². The third-order valence-corrected chi connectivity index (χ3v) is 3.83. The van der Waals surface area contributed by atoms with Crippen LogP contribution in [0.25, 0.3) is 0 Å². The highest BCUT2D eigenvalue weighted by Crippen LogP contribution is 2.69. The fourth-order valence-electron chi connectivity index (χ4n) is 2.84. The second kappa shape index (κ2) is 3.15. The lowest BCUT2D eigenvalue weighted by molar-refractivity contribution is -0.222. The Morgan fingerprint density at radius 1 is 1.24 bits per heavy atom. The fourth-order valence-corrected chi connectivity index (χ4v) is 2.84. The van der Waals surface area contributed by atoms with Gasteiger partial charge in [0.25, 0.3) is 0 Å². The molecule has 3 fully saturated rings. The van der Waals surface area contributed by atoms with E-state index in [0.717, 1.165) is 0 Å². The summed E-state index contributed by atoms with van der Waals surface area (Å²) in [6.45, 7) is 5.46. The van der Waals surface area contributed by atoms with Gasteiger partial charge in [0.1, 0.15) is 5.60 Å². The zero-order valence-corrected chi connectivity index (χ0v) is 10.7. The Kier molecular flexibility index (Phi) is 2.26. The maximum absolute atomic E-state index is 11.9. The maximum atomic E-state index is 11.9. The fraction of sp³-hybridized carbons (Fsp3) is 0.833. The zero-order valence-electron chi connectivity index (χ0n) is 10.7. The van der Waals surface area contributed by atoms with E-state index in [1.807, 2.05) is 20.8 Å². The molecule has 5 nitrogen and oxygen atoms in total. The van der Waals surface area contributed by atoms with Gasteiger partial charge in [-0.15, -0.1) is 0 Å². The maximum Gasteiger partial charge on any atom is 0.410 e. The van der Waals surface area contributed by atoms with Gasteiger partial charge in [0.05, 0.1) is 5.41 Å². The predicted molar refractivity (Wildman–Crippen MR) is 60.6 cm³/mol. The first-order valence-electron chi connectivity index (χ1n) is 5.81. The molecule has 96 valence electrons. The van der Waals surface area contributed by atoms with Gasteiger partial charge >= 0.3 is 12.1 Å². The molecule has 0 aliphatic heterocycles. The van der Waals surface area contributed by atoms with Crippen molar-refractivity contribution in [1.29, 1.82) is 0 Å². The van der Waals surface area contributed by atoms with Crippen molar-refractivity contribution in [3.63, 3.8) is 0 Å². The van der Waals surface area contributed by atoms with Crippen LogP contribution in [0.3, 0.4) is 0 Å². The first kappa shape index (κ1) is 12.2. The first-order chi connectivity index (χ1) is 7.60. The predicted octanol–water partition coefficient (Wildman–Crippen LogP) is 1.86. The van der Waals surface area contributed by atoms with Crippen LogP contribution >= 0.6 is 0 Å². The largest absolute Gasteiger partial charge is 0.481 e. The van der Waals surface area contributed by atoms with Crippen LogP contribution in [0.15, 0.2) is 0 Å². The Morgan fingerprint density at radius 2 is 1.71 bits per heavy atom. The van der Waals surface area contributed by atoms with Crippen molar-refractivity contribution < 1.29 is 19.4 Å². The monoisotopic (exact) mass is 241 g/mol. The molecule has 0 atom stereocenters. The number of ether oxygens (including phenoxy) is 1. The van der Waals surface area contributed by atoms with Crippen molar-refractivity contribution in [3.05, 3.63) is 0 Å². The zero-order chi connectivity index (χ0) is 13.1. The Balaban J connectivity index is 1.94. The molecule has 3 aliphatic carbocycles. The Hall–Kier alpha value is -1.26. The van der Waals surface area contributed by atoms with E-state index in [0.29, 0.717) is 19.3 Å². The number of amides is 1. The summed E-state index contributed by atoms with van der Waals surface area (Å²) in [6.07, 6.45) is 1.32. The summed E-state index contributed by atoms with van der Waals surface area (Å²) in [5.74, 6) is -0.739.